The summed E-state index contributed by atoms with van der Waals surface area (Å²) in [6.07, 6.45) is 3.34. The third-order valence-corrected chi connectivity index (χ3v) is 4.35. The third kappa shape index (κ3) is 3.62. The Morgan fingerprint density at radius 3 is 2.67 bits per heavy atom. The van der Waals surface area contributed by atoms with Gasteiger partial charge in [0.25, 0.3) is 11.5 Å². The number of aryl methyl sites for hydroxylation is 2. The summed E-state index contributed by atoms with van der Waals surface area (Å²) in [4.78, 5) is 33.2. The number of aromatic amines is 1. The summed E-state index contributed by atoms with van der Waals surface area (Å²) < 4.78 is 6.76. The molecule has 7 nitrogen and oxygen atoms in total. The molecule has 0 fully saturated rings. The molecule has 27 heavy (non-hydrogen) atoms. The highest BCUT2D eigenvalue weighted by atomic mass is 16.5. The van der Waals surface area contributed by atoms with Gasteiger partial charge in [-0.15, -0.1) is 0 Å². The quantitative estimate of drug-likeness (QED) is 0.727. The normalized spacial score (nSPS) is 11.9. The molecule has 3 rings (SSSR count). The van der Waals surface area contributed by atoms with Crippen LogP contribution in [0, 0.1) is 13.8 Å². The highest BCUT2D eigenvalue weighted by molar-refractivity contribution is 5.95. The Labute approximate surface area is 157 Å². The first-order chi connectivity index (χ1) is 12.9. The van der Waals surface area contributed by atoms with Crippen molar-refractivity contribution in [2.24, 2.45) is 0 Å². The number of rotatable bonds is 5. The zero-order chi connectivity index (χ0) is 19.6. The van der Waals surface area contributed by atoms with Gasteiger partial charge in [0.15, 0.2) is 0 Å². The lowest BCUT2D eigenvalue weighted by Gasteiger charge is -2.15. The number of nitrogens with one attached hydrogen (secondary N) is 2. The van der Waals surface area contributed by atoms with Gasteiger partial charge in [0.05, 0.1) is 18.8 Å². The summed E-state index contributed by atoms with van der Waals surface area (Å²) in [7, 11) is 1.54. The van der Waals surface area contributed by atoms with Gasteiger partial charge >= 0.3 is 0 Å². The van der Waals surface area contributed by atoms with Crippen molar-refractivity contribution in [2.45, 2.75) is 26.8 Å². The molecule has 3 aromatic rings. The van der Waals surface area contributed by atoms with Crippen LogP contribution in [0.15, 0.2) is 47.5 Å². The van der Waals surface area contributed by atoms with Gasteiger partial charge in [0, 0.05) is 18.1 Å². The summed E-state index contributed by atoms with van der Waals surface area (Å²) in [5.74, 6) is 0.747. The number of carbonyl (C=O) groups excluding carboxylic acids is 1. The highest BCUT2D eigenvalue weighted by Gasteiger charge is 2.20. The van der Waals surface area contributed by atoms with Crippen LogP contribution in [0.3, 0.4) is 0 Å². The Kier molecular flexibility index (Phi) is 5.12. The molecule has 0 aliphatic carbocycles. The number of aromatic nitrogens is 3. The van der Waals surface area contributed by atoms with Crippen molar-refractivity contribution < 1.29 is 9.53 Å². The SMILES string of the molecule is COc1ccccc1-n1ccc(C)c(C(=O)NC(C)c2ncc(C)[nH]2)c1=O. The number of hydrogen-bond acceptors (Lipinski definition) is 4. The molecule has 1 aromatic carbocycles. The summed E-state index contributed by atoms with van der Waals surface area (Å²) in [5, 5.41) is 2.84. The van der Waals surface area contributed by atoms with Crippen LogP contribution in [-0.4, -0.2) is 27.6 Å². The number of carbonyl (C=O) groups is 1. The van der Waals surface area contributed by atoms with E-state index in [9.17, 15) is 9.59 Å². The fourth-order valence-corrected chi connectivity index (χ4v) is 2.91. The Morgan fingerprint density at radius 2 is 2.00 bits per heavy atom. The van der Waals surface area contributed by atoms with Gasteiger partial charge in [0.1, 0.15) is 17.1 Å². The summed E-state index contributed by atoms with van der Waals surface area (Å²) in [5.41, 5.74) is 1.78. The topological polar surface area (TPSA) is 89.0 Å². The van der Waals surface area contributed by atoms with Crippen LogP contribution in [0.25, 0.3) is 5.69 Å². The molecule has 1 atom stereocenters. The van der Waals surface area contributed by atoms with Gasteiger partial charge in [-0.2, -0.15) is 0 Å². The molecule has 0 saturated carbocycles. The molecule has 0 aliphatic heterocycles. The second-order valence-corrected chi connectivity index (χ2v) is 6.37. The molecule has 7 heteroatoms. The Morgan fingerprint density at radius 1 is 1.26 bits per heavy atom. The molecular weight excluding hydrogens is 344 g/mol. The number of hydrogen-bond donors (Lipinski definition) is 2. The van der Waals surface area contributed by atoms with Gasteiger partial charge in [-0.1, -0.05) is 12.1 Å². The first-order valence-electron chi connectivity index (χ1n) is 8.60. The van der Waals surface area contributed by atoms with Gasteiger partial charge in [-0.3, -0.25) is 14.2 Å². The molecule has 2 heterocycles. The number of imidazole rings is 1. The van der Waals surface area contributed by atoms with Crippen molar-refractivity contribution in [3.05, 3.63) is 75.7 Å². The third-order valence-electron chi connectivity index (χ3n) is 4.35. The number of methoxy groups -OCH3 is 1. The maximum absolute atomic E-state index is 13.0. The van der Waals surface area contributed by atoms with Crippen molar-refractivity contribution >= 4 is 5.91 Å². The smallest absolute Gasteiger partial charge is 0.268 e. The van der Waals surface area contributed by atoms with E-state index >= 15 is 0 Å². The molecule has 2 N–H and O–H groups in total. The van der Waals surface area contributed by atoms with E-state index in [0.29, 0.717) is 22.8 Å². The molecular formula is C20H22N4O3. The average molecular weight is 366 g/mol. The van der Waals surface area contributed by atoms with Crippen LogP contribution in [-0.2, 0) is 0 Å². The zero-order valence-electron chi connectivity index (χ0n) is 15.7. The fourth-order valence-electron chi connectivity index (χ4n) is 2.91. The standard InChI is InChI=1S/C20H22N4O3/c1-12-9-10-24(15-7-5-6-8-16(15)27-4)20(26)17(12)19(25)23-14(3)18-21-11-13(2)22-18/h5-11,14H,1-4H3,(H,21,22)(H,23,25). The number of H-pyrrole nitrogens is 1. The largest absolute Gasteiger partial charge is 0.495 e. The minimum Gasteiger partial charge on any atom is -0.495 e. The molecule has 140 valence electrons. The van der Waals surface area contributed by atoms with Crippen LogP contribution in [0.4, 0.5) is 0 Å². The second-order valence-electron chi connectivity index (χ2n) is 6.37. The maximum Gasteiger partial charge on any atom is 0.268 e. The van der Waals surface area contributed by atoms with E-state index in [2.05, 4.69) is 15.3 Å². The van der Waals surface area contributed by atoms with Crippen LogP contribution in [0.2, 0.25) is 0 Å². The fraction of sp³-hybridized carbons (Fsp3) is 0.250. The highest BCUT2D eigenvalue weighted by Crippen LogP contribution is 2.21. The van der Waals surface area contributed by atoms with Crippen LogP contribution >= 0.6 is 0 Å². The molecule has 0 bridgehead atoms. The summed E-state index contributed by atoms with van der Waals surface area (Å²) in [6, 6.07) is 8.55. The lowest BCUT2D eigenvalue weighted by Crippen LogP contribution is -2.35. The van der Waals surface area contributed by atoms with Crippen LogP contribution in [0.5, 0.6) is 5.75 Å². The van der Waals surface area contributed by atoms with Gasteiger partial charge in [0.2, 0.25) is 0 Å². The molecule has 2 aromatic heterocycles. The maximum atomic E-state index is 13.0. The van der Waals surface area contributed by atoms with E-state index in [-0.39, 0.29) is 11.6 Å². The Hall–Kier alpha value is -3.35. The molecule has 1 unspecified atom stereocenters. The number of para-hydroxylation sites is 2. The Balaban J connectivity index is 1.98. The Bertz CT molecular complexity index is 1040. The van der Waals surface area contributed by atoms with Crippen LogP contribution in [0.1, 0.15) is 40.4 Å². The van der Waals surface area contributed by atoms with E-state index in [1.807, 2.05) is 26.0 Å². The first-order valence-corrected chi connectivity index (χ1v) is 8.60. The lowest BCUT2D eigenvalue weighted by molar-refractivity contribution is 0.0936. The van der Waals surface area contributed by atoms with Crippen molar-refractivity contribution in [2.75, 3.05) is 7.11 Å². The van der Waals surface area contributed by atoms with Crippen molar-refractivity contribution in [1.29, 1.82) is 0 Å². The minimum absolute atomic E-state index is 0.0959. The van der Waals surface area contributed by atoms with Crippen LogP contribution < -0.4 is 15.6 Å². The van der Waals surface area contributed by atoms with E-state index in [0.717, 1.165) is 5.69 Å². The molecule has 0 radical (unpaired) electrons. The van der Waals surface area contributed by atoms with Gasteiger partial charge in [-0.05, 0) is 44.5 Å². The van der Waals surface area contributed by atoms with E-state index in [4.69, 9.17) is 4.74 Å². The van der Waals surface area contributed by atoms with Crippen molar-refractivity contribution in [1.82, 2.24) is 19.9 Å². The number of ether oxygens (including phenoxy) is 1. The predicted octanol–water partition coefficient (Wildman–Crippen LogP) is 2.68. The summed E-state index contributed by atoms with van der Waals surface area (Å²) in [6.45, 7) is 5.44. The molecule has 0 aliphatic rings. The minimum atomic E-state index is -0.441. The molecule has 0 spiro atoms. The lowest BCUT2D eigenvalue weighted by atomic mass is 10.1. The predicted molar refractivity (Wildman–Crippen MR) is 103 cm³/mol. The van der Waals surface area contributed by atoms with Gasteiger partial charge in [-0.25, -0.2) is 4.98 Å². The number of pyridine rings is 1. The zero-order valence-corrected chi connectivity index (χ0v) is 15.7. The van der Waals surface area contributed by atoms with Crippen molar-refractivity contribution in [3.8, 4) is 11.4 Å². The first kappa shape index (κ1) is 18.4. The monoisotopic (exact) mass is 366 g/mol. The number of amides is 1. The summed E-state index contributed by atoms with van der Waals surface area (Å²) >= 11 is 0. The second kappa shape index (κ2) is 7.49. The van der Waals surface area contributed by atoms with E-state index < -0.39 is 11.5 Å². The molecule has 0 saturated heterocycles. The van der Waals surface area contributed by atoms with Gasteiger partial charge < -0.3 is 15.0 Å². The van der Waals surface area contributed by atoms with E-state index in [1.54, 1.807) is 44.6 Å². The van der Waals surface area contributed by atoms with E-state index in [1.165, 1.54) is 4.57 Å². The number of benzene rings is 1. The molecule has 1 amide bonds. The average Bonchev–Trinajstić information content (AvgIpc) is 3.08. The number of nitrogens with zero attached hydrogens (tertiary/aromatic N) is 2. The van der Waals surface area contributed by atoms with Crippen molar-refractivity contribution in [3.63, 3.8) is 0 Å².